The van der Waals surface area contributed by atoms with Gasteiger partial charge in [0, 0.05) is 10.6 Å². The zero-order valence-electron chi connectivity index (χ0n) is 8.25. The SMILES string of the molecule is Nc1oncc1-c1ccc(Cl)cc1C(F)(F)F. The second kappa shape index (κ2) is 3.96. The van der Waals surface area contributed by atoms with Crippen LogP contribution in [0.2, 0.25) is 5.02 Å². The fraction of sp³-hybridized carbons (Fsp3) is 0.100. The highest BCUT2D eigenvalue weighted by atomic mass is 35.5. The van der Waals surface area contributed by atoms with E-state index in [1.165, 1.54) is 12.1 Å². The van der Waals surface area contributed by atoms with Crippen LogP contribution in [0, 0.1) is 0 Å². The number of alkyl halides is 3. The summed E-state index contributed by atoms with van der Waals surface area (Å²) in [7, 11) is 0. The van der Waals surface area contributed by atoms with E-state index in [9.17, 15) is 13.2 Å². The van der Waals surface area contributed by atoms with Crippen molar-refractivity contribution in [1.29, 1.82) is 0 Å². The van der Waals surface area contributed by atoms with Crippen LogP contribution in [0.1, 0.15) is 5.56 Å². The van der Waals surface area contributed by atoms with Gasteiger partial charge in [0.1, 0.15) is 0 Å². The molecule has 0 unspecified atom stereocenters. The number of aromatic nitrogens is 1. The average molecular weight is 263 g/mol. The Kier molecular flexibility index (Phi) is 2.74. The van der Waals surface area contributed by atoms with Crippen LogP contribution in [0.15, 0.2) is 28.9 Å². The van der Waals surface area contributed by atoms with Crippen LogP contribution < -0.4 is 5.73 Å². The van der Waals surface area contributed by atoms with Crippen LogP contribution in [0.25, 0.3) is 11.1 Å². The Hall–Kier alpha value is -1.69. The Balaban J connectivity index is 2.67. The van der Waals surface area contributed by atoms with E-state index >= 15 is 0 Å². The van der Waals surface area contributed by atoms with Gasteiger partial charge < -0.3 is 10.3 Å². The third-order valence-electron chi connectivity index (χ3n) is 2.18. The number of hydrogen-bond donors (Lipinski definition) is 1. The van der Waals surface area contributed by atoms with Crippen molar-refractivity contribution in [1.82, 2.24) is 5.16 Å². The maximum Gasteiger partial charge on any atom is 0.417 e. The van der Waals surface area contributed by atoms with Crippen molar-refractivity contribution in [3.8, 4) is 11.1 Å². The number of rotatable bonds is 1. The number of nitrogens with zero attached hydrogens (tertiary/aromatic N) is 1. The molecular formula is C10H6ClF3N2O. The van der Waals surface area contributed by atoms with Crippen molar-refractivity contribution in [2.45, 2.75) is 6.18 Å². The first kappa shape index (κ1) is 11.8. The van der Waals surface area contributed by atoms with Gasteiger partial charge in [-0.25, -0.2) is 0 Å². The van der Waals surface area contributed by atoms with Gasteiger partial charge >= 0.3 is 6.18 Å². The zero-order valence-corrected chi connectivity index (χ0v) is 9.01. The molecule has 1 heterocycles. The first-order valence-corrected chi connectivity index (χ1v) is 4.84. The van der Waals surface area contributed by atoms with E-state index in [2.05, 4.69) is 9.68 Å². The highest BCUT2D eigenvalue weighted by Crippen LogP contribution is 2.40. The smallest absolute Gasteiger partial charge is 0.367 e. The predicted octanol–water partition coefficient (Wildman–Crippen LogP) is 3.60. The summed E-state index contributed by atoms with van der Waals surface area (Å²) in [4.78, 5) is 0. The molecule has 0 amide bonds. The summed E-state index contributed by atoms with van der Waals surface area (Å²) in [5.41, 5.74) is 4.50. The maximum absolute atomic E-state index is 12.8. The standard InChI is InChI=1S/C10H6ClF3N2O/c11-5-1-2-6(7-4-16-17-9(7)15)8(3-5)10(12,13)14/h1-4H,15H2. The molecule has 3 nitrogen and oxygen atoms in total. The topological polar surface area (TPSA) is 52.0 Å². The van der Waals surface area contributed by atoms with E-state index in [-0.39, 0.29) is 22.0 Å². The normalized spacial score (nSPS) is 11.8. The Morgan fingerprint density at radius 1 is 1.24 bits per heavy atom. The average Bonchev–Trinajstić information content (AvgIpc) is 2.63. The van der Waals surface area contributed by atoms with Gasteiger partial charge in [-0.2, -0.15) is 13.2 Å². The van der Waals surface area contributed by atoms with Gasteiger partial charge in [0.2, 0.25) is 5.88 Å². The molecular weight excluding hydrogens is 257 g/mol. The zero-order chi connectivity index (χ0) is 12.6. The second-order valence-electron chi connectivity index (χ2n) is 3.29. The minimum atomic E-state index is -4.52. The summed E-state index contributed by atoms with van der Waals surface area (Å²) >= 11 is 5.55. The number of nitrogens with two attached hydrogens (primary N) is 1. The Labute approximate surface area is 99.0 Å². The molecule has 90 valence electrons. The van der Waals surface area contributed by atoms with Crippen molar-refractivity contribution in [3.05, 3.63) is 35.0 Å². The number of benzene rings is 1. The van der Waals surface area contributed by atoms with E-state index in [1.54, 1.807) is 0 Å². The van der Waals surface area contributed by atoms with E-state index in [0.29, 0.717) is 0 Å². The molecule has 2 rings (SSSR count). The fourth-order valence-corrected chi connectivity index (χ4v) is 1.61. The Morgan fingerprint density at radius 2 is 1.94 bits per heavy atom. The van der Waals surface area contributed by atoms with Crippen LogP contribution in [0.5, 0.6) is 0 Å². The van der Waals surface area contributed by atoms with E-state index in [1.807, 2.05) is 0 Å². The molecule has 0 spiro atoms. The van der Waals surface area contributed by atoms with E-state index in [0.717, 1.165) is 12.3 Å². The summed E-state index contributed by atoms with van der Waals surface area (Å²) in [6.45, 7) is 0. The lowest BCUT2D eigenvalue weighted by Gasteiger charge is -2.12. The molecule has 0 bridgehead atoms. The van der Waals surface area contributed by atoms with Gasteiger partial charge in [0.05, 0.1) is 17.3 Å². The summed E-state index contributed by atoms with van der Waals surface area (Å²) in [5, 5.41) is 3.34. The Morgan fingerprint density at radius 3 is 2.47 bits per heavy atom. The van der Waals surface area contributed by atoms with Crippen LogP contribution >= 0.6 is 11.6 Å². The van der Waals surface area contributed by atoms with Crippen molar-refractivity contribution in [3.63, 3.8) is 0 Å². The molecule has 0 saturated heterocycles. The highest BCUT2D eigenvalue weighted by molar-refractivity contribution is 6.30. The number of halogens is 4. The molecule has 0 aliphatic heterocycles. The molecule has 17 heavy (non-hydrogen) atoms. The van der Waals surface area contributed by atoms with Gasteiger partial charge in [-0.1, -0.05) is 22.8 Å². The molecule has 7 heteroatoms. The van der Waals surface area contributed by atoms with Gasteiger partial charge in [-0.15, -0.1) is 0 Å². The minimum Gasteiger partial charge on any atom is -0.367 e. The van der Waals surface area contributed by atoms with Crippen LogP contribution in [-0.2, 0) is 6.18 Å². The van der Waals surface area contributed by atoms with Crippen molar-refractivity contribution in [2.75, 3.05) is 5.73 Å². The summed E-state index contributed by atoms with van der Waals surface area (Å²) in [6, 6.07) is 3.41. The molecule has 0 fully saturated rings. The number of anilines is 1. The van der Waals surface area contributed by atoms with E-state index in [4.69, 9.17) is 17.3 Å². The quantitative estimate of drug-likeness (QED) is 0.854. The predicted molar refractivity (Wildman–Crippen MR) is 56.4 cm³/mol. The highest BCUT2D eigenvalue weighted by Gasteiger charge is 2.34. The fourth-order valence-electron chi connectivity index (χ4n) is 1.44. The molecule has 0 atom stereocenters. The number of hydrogen-bond acceptors (Lipinski definition) is 3. The largest absolute Gasteiger partial charge is 0.417 e. The van der Waals surface area contributed by atoms with E-state index < -0.39 is 11.7 Å². The minimum absolute atomic E-state index is 0.00361. The van der Waals surface area contributed by atoms with Crippen LogP contribution in [-0.4, -0.2) is 5.16 Å². The van der Waals surface area contributed by atoms with Crippen LogP contribution in [0.3, 0.4) is 0 Å². The third kappa shape index (κ3) is 2.21. The first-order valence-electron chi connectivity index (χ1n) is 4.47. The maximum atomic E-state index is 12.8. The monoisotopic (exact) mass is 262 g/mol. The van der Waals surface area contributed by atoms with Gasteiger partial charge in [0.15, 0.2) is 0 Å². The molecule has 0 radical (unpaired) electrons. The molecule has 2 aromatic rings. The lowest BCUT2D eigenvalue weighted by molar-refractivity contribution is -0.137. The summed E-state index contributed by atoms with van der Waals surface area (Å²) in [5.74, 6) is -0.169. The lowest BCUT2D eigenvalue weighted by atomic mass is 10.0. The molecule has 0 aliphatic carbocycles. The Bertz CT molecular complexity index is 551. The molecule has 2 N–H and O–H groups in total. The van der Waals surface area contributed by atoms with Crippen molar-refractivity contribution in [2.24, 2.45) is 0 Å². The first-order chi connectivity index (χ1) is 7.89. The summed E-state index contributed by atoms with van der Waals surface area (Å²) < 4.78 is 42.9. The van der Waals surface area contributed by atoms with Crippen molar-refractivity contribution < 1.29 is 17.7 Å². The molecule has 1 aromatic carbocycles. The van der Waals surface area contributed by atoms with Gasteiger partial charge in [-0.05, 0) is 12.1 Å². The van der Waals surface area contributed by atoms with Crippen molar-refractivity contribution >= 4 is 17.5 Å². The lowest BCUT2D eigenvalue weighted by Crippen LogP contribution is -2.07. The molecule has 0 saturated carbocycles. The van der Waals surface area contributed by atoms with Gasteiger partial charge in [-0.3, -0.25) is 0 Å². The van der Waals surface area contributed by atoms with Crippen LogP contribution in [0.4, 0.5) is 19.1 Å². The summed E-state index contributed by atoms with van der Waals surface area (Å²) in [6.07, 6.45) is -3.39. The second-order valence-corrected chi connectivity index (χ2v) is 3.73. The molecule has 0 aliphatic rings. The third-order valence-corrected chi connectivity index (χ3v) is 2.41. The van der Waals surface area contributed by atoms with Gasteiger partial charge in [0.25, 0.3) is 0 Å². The molecule has 1 aromatic heterocycles. The number of nitrogen functional groups attached to an aromatic ring is 1.